The smallest absolute Gasteiger partial charge is 0.258 e. The molecule has 2 aromatic carbocycles. The first-order chi connectivity index (χ1) is 13.6. The van der Waals surface area contributed by atoms with Crippen LogP contribution in [0.5, 0.6) is 5.75 Å². The first-order valence-electron chi connectivity index (χ1n) is 8.67. The Morgan fingerprint density at radius 3 is 2.71 bits per heavy atom. The number of benzene rings is 2. The minimum absolute atomic E-state index is 0.145. The molecule has 1 aliphatic heterocycles. The number of anilines is 1. The van der Waals surface area contributed by atoms with Gasteiger partial charge in [0.2, 0.25) is 0 Å². The van der Waals surface area contributed by atoms with Crippen LogP contribution in [0.15, 0.2) is 65.3 Å². The molecule has 1 N–H and O–H groups in total. The Bertz CT molecular complexity index is 1030. The van der Waals surface area contributed by atoms with Gasteiger partial charge in [0.25, 0.3) is 5.91 Å². The lowest BCUT2D eigenvalue weighted by atomic mass is 10.2. The maximum atomic E-state index is 14.4. The van der Waals surface area contributed by atoms with Gasteiger partial charge in [0.05, 0.1) is 24.1 Å². The van der Waals surface area contributed by atoms with Gasteiger partial charge in [-0.05, 0) is 48.0 Å². The number of methoxy groups -OCH3 is 1. The highest BCUT2D eigenvalue weighted by atomic mass is 79.9. The quantitative estimate of drug-likeness (QED) is 0.619. The molecule has 7 heteroatoms. The van der Waals surface area contributed by atoms with Crippen molar-refractivity contribution in [2.75, 3.05) is 12.4 Å². The SMILES string of the molecule is COc1ccc(CN2C(=O)c3cccnc3[C@@H]2Nc2ccc(Br)cc2F)cc1. The monoisotopic (exact) mass is 441 g/mol. The van der Waals surface area contributed by atoms with Gasteiger partial charge < -0.3 is 15.0 Å². The highest BCUT2D eigenvalue weighted by Gasteiger charge is 2.38. The van der Waals surface area contributed by atoms with Crippen LogP contribution < -0.4 is 10.1 Å². The predicted molar refractivity (Wildman–Crippen MR) is 108 cm³/mol. The predicted octanol–water partition coefficient (Wildman–Crippen LogP) is 4.76. The second-order valence-corrected chi connectivity index (χ2v) is 7.30. The molecule has 0 spiro atoms. The molecule has 0 fully saturated rings. The molecule has 142 valence electrons. The Morgan fingerprint density at radius 1 is 1.21 bits per heavy atom. The van der Waals surface area contributed by atoms with E-state index in [1.54, 1.807) is 42.5 Å². The Hall–Kier alpha value is -2.93. The first kappa shape index (κ1) is 18.4. The molecule has 2 heterocycles. The molecule has 3 aromatic rings. The Kier molecular flexibility index (Phi) is 5.00. The van der Waals surface area contributed by atoms with E-state index in [-0.39, 0.29) is 5.91 Å². The number of nitrogens with one attached hydrogen (secondary N) is 1. The number of pyridine rings is 1. The van der Waals surface area contributed by atoms with E-state index < -0.39 is 12.0 Å². The molecule has 0 saturated heterocycles. The molecule has 1 amide bonds. The number of carbonyl (C=O) groups is 1. The number of hydrogen-bond acceptors (Lipinski definition) is 4. The van der Waals surface area contributed by atoms with Crippen LogP contribution in [0, 0.1) is 5.82 Å². The summed E-state index contributed by atoms with van der Waals surface area (Å²) >= 11 is 3.26. The van der Waals surface area contributed by atoms with Crippen molar-refractivity contribution in [3.8, 4) is 5.75 Å². The largest absolute Gasteiger partial charge is 0.497 e. The van der Waals surface area contributed by atoms with Gasteiger partial charge in [0, 0.05) is 17.2 Å². The first-order valence-corrected chi connectivity index (χ1v) is 9.46. The van der Waals surface area contributed by atoms with Gasteiger partial charge in [-0.3, -0.25) is 9.78 Å². The van der Waals surface area contributed by atoms with Crippen LogP contribution >= 0.6 is 15.9 Å². The summed E-state index contributed by atoms with van der Waals surface area (Å²) in [7, 11) is 1.61. The van der Waals surface area contributed by atoms with Crippen molar-refractivity contribution in [2.24, 2.45) is 0 Å². The van der Waals surface area contributed by atoms with Crippen molar-refractivity contribution < 1.29 is 13.9 Å². The summed E-state index contributed by atoms with van der Waals surface area (Å²) < 4.78 is 20.2. The zero-order valence-electron chi connectivity index (χ0n) is 15.0. The molecule has 0 aliphatic carbocycles. The van der Waals surface area contributed by atoms with E-state index in [1.807, 2.05) is 24.3 Å². The van der Waals surface area contributed by atoms with E-state index in [4.69, 9.17) is 4.74 Å². The summed E-state index contributed by atoms with van der Waals surface area (Å²) in [4.78, 5) is 19.0. The molecule has 28 heavy (non-hydrogen) atoms. The molecular weight excluding hydrogens is 425 g/mol. The molecule has 5 nitrogen and oxygen atoms in total. The summed E-state index contributed by atoms with van der Waals surface area (Å²) in [5.41, 5.74) is 2.35. The summed E-state index contributed by atoms with van der Waals surface area (Å²) in [6.45, 7) is 0.356. The number of aromatic nitrogens is 1. The van der Waals surface area contributed by atoms with Crippen molar-refractivity contribution in [3.63, 3.8) is 0 Å². The van der Waals surface area contributed by atoms with Gasteiger partial charge in [-0.2, -0.15) is 0 Å². The Morgan fingerprint density at radius 2 is 2.00 bits per heavy atom. The van der Waals surface area contributed by atoms with Gasteiger partial charge >= 0.3 is 0 Å². The number of halogens is 2. The van der Waals surface area contributed by atoms with Crippen LogP contribution in [-0.2, 0) is 6.54 Å². The van der Waals surface area contributed by atoms with Gasteiger partial charge in [-0.1, -0.05) is 28.1 Å². The number of carbonyl (C=O) groups excluding carboxylic acids is 1. The van der Waals surface area contributed by atoms with Crippen LogP contribution in [0.2, 0.25) is 0 Å². The summed E-state index contributed by atoms with van der Waals surface area (Å²) in [5, 5.41) is 3.14. The maximum absolute atomic E-state index is 14.4. The fourth-order valence-electron chi connectivity index (χ4n) is 3.23. The third-order valence-corrected chi connectivity index (χ3v) is 5.13. The lowest BCUT2D eigenvalue weighted by molar-refractivity contribution is 0.0727. The van der Waals surface area contributed by atoms with E-state index in [0.717, 1.165) is 11.3 Å². The highest BCUT2D eigenvalue weighted by molar-refractivity contribution is 9.10. The summed E-state index contributed by atoms with van der Waals surface area (Å²) in [5.74, 6) is 0.192. The van der Waals surface area contributed by atoms with Crippen molar-refractivity contribution in [1.29, 1.82) is 0 Å². The van der Waals surface area contributed by atoms with Crippen molar-refractivity contribution >= 4 is 27.5 Å². The van der Waals surface area contributed by atoms with Crippen LogP contribution in [-0.4, -0.2) is 22.9 Å². The lowest BCUT2D eigenvalue weighted by Crippen LogP contribution is -2.32. The molecule has 1 atom stereocenters. The Balaban J connectivity index is 1.67. The molecule has 0 bridgehead atoms. The van der Waals surface area contributed by atoms with E-state index >= 15 is 0 Å². The lowest BCUT2D eigenvalue weighted by Gasteiger charge is -2.27. The topological polar surface area (TPSA) is 54.5 Å². The molecule has 0 unspecified atom stereocenters. The number of hydrogen-bond donors (Lipinski definition) is 1. The second kappa shape index (κ2) is 7.59. The van der Waals surface area contributed by atoms with Crippen LogP contribution in [0.25, 0.3) is 0 Å². The molecular formula is C21H17BrFN3O2. The van der Waals surface area contributed by atoms with Gasteiger partial charge in [-0.15, -0.1) is 0 Å². The number of fused-ring (bicyclic) bond motifs is 1. The molecule has 0 saturated carbocycles. The van der Waals surface area contributed by atoms with Crippen LogP contribution in [0.1, 0.15) is 27.8 Å². The van der Waals surface area contributed by atoms with Gasteiger partial charge in [-0.25, -0.2) is 4.39 Å². The molecule has 1 aromatic heterocycles. The zero-order chi connectivity index (χ0) is 19.7. The van der Waals surface area contributed by atoms with E-state index in [1.165, 1.54) is 6.07 Å². The standard InChI is InChI=1S/C21H17BrFN3O2/c1-28-15-7-4-13(5-8-15)12-26-20(19-16(21(26)27)3-2-10-24-19)25-18-9-6-14(22)11-17(18)23/h2-11,20,25H,12H2,1H3/t20-/m1/s1. The van der Waals surface area contributed by atoms with E-state index in [2.05, 4.69) is 26.2 Å². The third kappa shape index (κ3) is 3.45. The number of amides is 1. The third-order valence-electron chi connectivity index (χ3n) is 4.64. The van der Waals surface area contributed by atoms with E-state index in [0.29, 0.717) is 28.0 Å². The van der Waals surface area contributed by atoms with Crippen molar-refractivity contribution in [3.05, 3.63) is 87.9 Å². The molecule has 4 rings (SSSR count). The highest BCUT2D eigenvalue weighted by Crippen LogP contribution is 2.35. The fourth-order valence-corrected chi connectivity index (χ4v) is 3.56. The van der Waals surface area contributed by atoms with Crippen LogP contribution in [0.4, 0.5) is 10.1 Å². The minimum atomic E-state index is -0.568. The Labute approximate surface area is 170 Å². The maximum Gasteiger partial charge on any atom is 0.258 e. The number of rotatable bonds is 5. The van der Waals surface area contributed by atoms with Gasteiger partial charge in [0.15, 0.2) is 0 Å². The minimum Gasteiger partial charge on any atom is -0.497 e. The van der Waals surface area contributed by atoms with Crippen molar-refractivity contribution in [1.82, 2.24) is 9.88 Å². The molecule has 0 radical (unpaired) electrons. The summed E-state index contributed by atoms with van der Waals surface area (Å²) in [6.07, 6.45) is 1.07. The average molecular weight is 442 g/mol. The number of nitrogens with zero attached hydrogens (tertiary/aromatic N) is 2. The second-order valence-electron chi connectivity index (χ2n) is 6.39. The molecule has 1 aliphatic rings. The van der Waals surface area contributed by atoms with Crippen LogP contribution in [0.3, 0.4) is 0 Å². The van der Waals surface area contributed by atoms with E-state index in [9.17, 15) is 9.18 Å². The number of ether oxygens (including phenoxy) is 1. The van der Waals surface area contributed by atoms with Crippen molar-refractivity contribution in [2.45, 2.75) is 12.7 Å². The normalized spacial score (nSPS) is 15.5. The average Bonchev–Trinajstić information content (AvgIpc) is 2.96. The summed E-state index contributed by atoms with van der Waals surface area (Å²) in [6, 6.07) is 15.7. The fraction of sp³-hybridized carbons (Fsp3) is 0.143. The van der Waals surface area contributed by atoms with Gasteiger partial charge in [0.1, 0.15) is 17.7 Å². The zero-order valence-corrected chi connectivity index (χ0v) is 16.6.